The molecular formula is C14H28N4O2. The van der Waals surface area contributed by atoms with Crippen molar-refractivity contribution in [2.24, 2.45) is 5.92 Å². The lowest BCUT2D eigenvalue weighted by Gasteiger charge is -2.12. The predicted molar refractivity (Wildman–Crippen MR) is 78.5 cm³/mol. The van der Waals surface area contributed by atoms with Gasteiger partial charge in [0.15, 0.2) is 0 Å². The minimum absolute atomic E-state index is 0.116. The summed E-state index contributed by atoms with van der Waals surface area (Å²) in [6.45, 7) is 12.8. The largest absolute Gasteiger partial charge is 0.379 e. The molecule has 0 saturated heterocycles. The second-order valence-corrected chi connectivity index (χ2v) is 5.34. The van der Waals surface area contributed by atoms with E-state index in [1.165, 1.54) is 0 Å². The molecular weight excluding hydrogens is 256 g/mol. The molecule has 1 aromatic rings. The Bertz CT molecular complexity index is 355. The van der Waals surface area contributed by atoms with Crippen molar-refractivity contribution in [1.82, 2.24) is 20.3 Å². The van der Waals surface area contributed by atoms with E-state index in [4.69, 9.17) is 9.47 Å². The summed E-state index contributed by atoms with van der Waals surface area (Å²) >= 11 is 0. The fourth-order valence-corrected chi connectivity index (χ4v) is 1.70. The van der Waals surface area contributed by atoms with Gasteiger partial charge in [-0.1, -0.05) is 19.1 Å². The normalized spacial score (nSPS) is 13.1. The first-order chi connectivity index (χ1) is 9.61. The average molecular weight is 284 g/mol. The molecule has 1 N–H and O–H groups in total. The monoisotopic (exact) mass is 284 g/mol. The van der Waals surface area contributed by atoms with Gasteiger partial charge in [-0.3, -0.25) is 0 Å². The lowest BCUT2D eigenvalue weighted by molar-refractivity contribution is -0.00688. The molecule has 0 aliphatic carbocycles. The maximum Gasteiger partial charge on any atom is 0.0964 e. The van der Waals surface area contributed by atoms with Crippen LogP contribution in [-0.4, -0.2) is 47.5 Å². The molecule has 1 aromatic heterocycles. The maximum absolute atomic E-state index is 5.64. The van der Waals surface area contributed by atoms with Gasteiger partial charge in [-0.15, -0.1) is 5.10 Å². The quantitative estimate of drug-likeness (QED) is 0.666. The average Bonchev–Trinajstić information content (AvgIpc) is 2.84. The molecule has 116 valence electrons. The highest BCUT2D eigenvalue weighted by Gasteiger charge is 2.04. The Morgan fingerprint density at radius 3 is 2.85 bits per heavy atom. The van der Waals surface area contributed by atoms with Crippen LogP contribution < -0.4 is 5.32 Å². The molecule has 1 heterocycles. The van der Waals surface area contributed by atoms with Gasteiger partial charge in [-0.25, -0.2) is 4.68 Å². The molecule has 0 fully saturated rings. The number of nitrogens with one attached hydrogen (secondary N) is 1. The third-order valence-electron chi connectivity index (χ3n) is 2.72. The summed E-state index contributed by atoms with van der Waals surface area (Å²) < 4.78 is 12.8. The molecule has 20 heavy (non-hydrogen) atoms. The summed E-state index contributed by atoms with van der Waals surface area (Å²) in [5.41, 5.74) is 0.966. The number of rotatable bonds is 11. The Kier molecular flexibility index (Phi) is 8.41. The molecule has 0 spiro atoms. The molecule has 0 aliphatic rings. The molecule has 0 aromatic carbocycles. The maximum atomic E-state index is 5.64. The van der Waals surface area contributed by atoms with E-state index in [-0.39, 0.29) is 6.10 Å². The highest BCUT2D eigenvalue weighted by Crippen LogP contribution is 1.97. The van der Waals surface area contributed by atoms with Gasteiger partial charge in [0.25, 0.3) is 0 Å². The number of nitrogens with zero attached hydrogens (tertiary/aromatic N) is 3. The number of ether oxygens (including phenoxy) is 2. The van der Waals surface area contributed by atoms with Crippen molar-refractivity contribution >= 4 is 0 Å². The zero-order valence-electron chi connectivity index (χ0n) is 13.1. The van der Waals surface area contributed by atoms with Crippen LogP contribution in [-0.2, 0) is 22.6 Å². The van der Waals surface area contributed by atoms with Crippen LogP contribution in [0.1, 0.15) is 33.4 Å². The first-order valence-electron chi connectivity index (χ1n) is 7.40. The summed E-state index contributed by atoms with van der Waals surface area (Å²) in [5.74, 6) is 0.644. The van der Waals surface area contributed by atoms with Gasteiger partial charge in [-0.05, 0) is 26.3 Å². The predicted octanol–water partition coefficient (Wildman–Crippen LogP) is 1.47. The molecule has 0 saturated carbocycles. The Labute approximate surface area is 121 Å². The first kappa shape index (κ1) is 17.1. The highest BCUT2D eigenvalue weighted by molar-refractivity contribution is 4.91. The van der Waals surface area contributed by atoms with E-state index in [0.717, 1.165) is 25.4 Å². The summed E-state index contributed by atoms with van der Waals surface area (Å²) in [5, 5.41) is 11.6. The number of aromatic nitrogens is 3. The molecule has 0 radical (unpaired) electrons. The number of hydrogen-bond acceptors (Lipinski definition) is 5. The summed E-state index contributed by atoms with van der Waals surface area (Å²) in [6.07, 6.45) is 2.08. The van der Waals surface area contributed by atoms with Crippen LogP contribution in [0.4, 0.5) is 0 Å². The molecule has 6 nitrogen and oxygen atoms in total. The van der Waals surface area contributed by atoms with E-state index in [0.29, 0.717) is 25.7 Å². The van der Waals surface area contributed by atoms with E-state index in [1.54, 1.807) is 0 Å². The van der Waals surface area contributed by atoms with Crippen LogP contribution in [0.5, 0.6) is 0 Å². The first-order valence-corrected chi connectivity index (χ1v) is 7.40. The van der Waals surface area contributed by atoms with Crippen LogP contribution in [0.3, 0.4) is 0 Å². The van der Waals surface area contributed by atoms with E-state index < -0.39 is 0 Å². The minimum Gasteiger partial charge on any atom is -0.379 e. The van der Waals surface area contributed by atoms with Gasteiger partial charge in [0.2, 0.25) is 0 Å². The zero-order valence-corrected chi connectivity index (χ0v) is 13.1. The second-order valence-electron chi connectivity index (χ2n) is 5.34. The van der Waals surface area contributed by atoms with Crippen LogP contribution in [0.25, 0.3) is 0 Å². The van der Waals surface area contributed by atoms with E-state index in [2.05, 4.69) is 29.5 Å². The van der Waals surface area contributed by atoms with E-state index in [1.807, 2.05) is 24.7 Å². The molecule has 0 aliphatic heterocycles. The van der Waals surface area contributed by atoms with Crippen molar-refractivity contribution in [3.05, 3.63) is 11.9 Å². The van der Waals surface area contributed by atoms with Crippen molar-refractivity contribution in [1.29, 1.82) is 0 Å². The highest BCUT2D eigenvalue weighted by atomic mass is 16.5. The van der Waals surface area contributed by atoms with Crippen LogP contribution in [0.2, 0.25) is 0 Å². The lowest BCUT2D eigenvalue weighted by atomic mass is 10.2. The zero-order chi connectivity index (χ0) is 14.8. The topological polar surface area (TPSA) is 61.2 Å². The van der Waals surface area contributed by atoms with Crippen LogP contribution in [0.15, 0.2) is 6.20 Å². The molecule has 0 bridgehead atoms. The summed E-state index contributed by atoms with van der Waals surface area (Å²) in [4.78, 5) is 0. The fraction of sp³-hybridized carbons (Fsp3) is 0.857. The van der Waals surface area contributed by atoms with Crippen molar-refractivity contribution in [2.75, 3.05) is 26.4 Å². The Morgan fingerprint density at radius 2 is 2.15 bits per heavy atom. The lowest BCUT2D eigenvalue weighted by Crippen LogP contribution is -2.19. The van der Waals surface area contributed by atoms with Gasteiger partial charge in [0, 0.05) is 19.3 Å². The molecule has 1 rings (SSSR count). The number of hydrogen-bond donors (Lipinski definition) is 1. The minimum atomic E-state index is 0.116. The Balaban J connectivity index is 2.16. The third-order valence-corrected chi connectivity index (χ3v) is 2.72. The molecule has 1 atom stereocenters. The van der Waals surface area contributed by atoms with Gasteiger partial charge in [0.1, 0.15) is 0 Å². The third kappa shape index (κ3) is 7.57. The Morgan fingerprint density at radius 1 is 1.35 bits per heavy atom. The van der Waals surface area contributed by atoms with Crippen molar-refractivity contribution < 1.29 is 9.47 Å². The standard InChI is InChI=1S/C14H28N4O2/c1-5-19-11-13(4)20-7-6-18-10-14(16-17-18)9-15-8-12(2)3/h10,12-13,15H,5-9,11H2,1-4H3. The SMILES string of the molecule is CCOCC(C)OCCn1cc(CNCC(C)C)nn1. The van der Waals surface area contributed by atoms with E-state index in [9.17, 15) is 0 Å². The second kappa shape index (κ2) is 9.85. The molecule has 1 unspecified atom stereocenters. The van der Waals surface area contributed by atoms with Crippen LogP contribution >= 0.6 is 0 Å². The van der Waals surface area contributed by atoms with Gasteiger partial charge in [0.05, 0.1) is 31.6 Å². The van der Waals surface area contributed by atoms with Gasteiger partial charge >= 0.3 is 0 Å². The van der Waals surface area contributed by atoms with E-state index >= 15 is 0 Å². The Hall–Kier alpha value is -0.980. The molecule has 6 heteroatoms. The summed E-state index contributed by atoms with van der Waals surface area (Å²) in [6, 6.07) is 0. The van der Waals surface area contributed by atoms with Crippen molar-refractivity contribution in [3.63, 3.8) is 0 Å². The smallest absolute Gasteiger partial charge is 0.0964 e. The van der Waals surface area contributed by atoms with Crippen molar-refractivity contribution in [3.8, 4) is 0 Å². The fourth-order valence-electron chi connectivity index (χ4n) is 1.70. The molecule has 0 amide bonds. The van der Waals surface area contributed by atoms with Crippen LogP contribution in [0, 0.1) is 5.92 Å². The van der Waals surface area contributed by atoms with Crippen molar-refractivity contribution in [2.45, 2.75) is 46.9 Å². The van der Waals surface area contributed by atoms with Gasteiger partial charge in [-0.2, -0.15) is 0 Å². The van der Waals surface area contributed by atoms with Gasteiger partial charge < -0.3 is 14.8 Å². The summed E-state index contributed by atoms with van der Waals surface area (Å²) in [7, 11) is 0.